The number of aromatic nitrogens is 7. The fraction of sp³-hybridized carbons (Fsp3) is 0.321. The van der Waals surface area contributed by atoms with Gasteiger partial charge in [0, 0.05) is 55.1 Å². The number of aryl methyl sites for hydroxylation is 1. The van der Waals surface area contributed by atoms with E-state index in [0.29, 0.717) is 23.6 Å². The summed E-state index contributed by atoms with van der Waals surface area (Å²) in [6.07, 6.45) is 6.55. The van der Waals surface area contributed by atoms with Crippen LogP contribution in [0.5, 0.6) is 5.75 Å². The Labute approximate surface area is 226 Å². The van der Waals surface area contributed by atoms with Crippen molar-refractivity contribution >= 4 is 10.9 Å². The van der Waals surface area contributed by atoms with Crippen molar-refractivity contribution in [2.24, 2.45) is 5.92 Å². The number of pyridine rings is 1. The van der Waals surface area contributed by atoms with Crippen LogP contribution in [-0.2, 0) is 19.3 Å². The Morgan fingerprint density at radius 1 is 1.10 bits per heavy atom. The van der Waals surface area contributed by atoms with Crippen molar-refractivity contribution in [3.63, 3.8) is 0 Å². The smallest absolute Gasteiger partial charge is 0.435 e. The maximum absolute atomic E-state index is 14.1. The van der Waals surface area contributed by atoms with Crippen LogP contribution in [0.2, 0.25) is 0 Å². The van der Waals surface area contributed by atoms with E-state index in [0.717, 1.165) is 12.8 Å². The van der Waals surface area contributed by atoms with Gasteiger partial charge in [0.1, 0.15) is 5.75 Å². The van der Waals surface area contributed by atoms with Crippen LogP contribution in [0.4, 0.5) is 13.2 Å². The van der Waals surface area contributed by atoms with Crippen molar-refractivity contribution in [1.29, 1.82) is 0 Å². The van der Waals surface area contributed by atoms with Gasteiger partial charge in [0.05, 0.1) is 42.4 Å². The van der Waals surface area contributed by atoms with E-state index in [1.165, 1.54) is 17.2 Å². The normalized spacial score (nSPS) is 14.5. The van der Waals surface area contributed by atoms with E-state index < -0.39 is 11.9 Å². The third-order valence-electron chi connectivity index (χ3n) is 7.17. The fourth-order valence-electron chi connectivity index (χ4n) is 5.12. The Bertz CT molecular complexity index is 1740. The zero-order valence-corrected chi connectivity index (χ0v) is 21.8. The van der Waals surface area contributed by atoms with E-state index in [-0.39, 0.29) is 46.1 Å². The lowest BCUT2D eigenvalue weighted by Crippen LogP contribution is -2.28. The van der Waals surface area contributed by atoms with Gasteiger partial charge in [-0.1, -0.05) is 0 Å². The largest absolute Gasteiger partial charge is 0.497 e. The molecule has 0 saturated heterocycles. The summed E-state index contributed by atoms with van der Waals surface area (Å²) >= 11 is 0. The van der Waals surface area contributed by atoms with Gasteiger partial charge in [0.15, 0.2) is 5.69 Å². The summed E-state index contributed by atoms with van der Waals surface area (Å²) in [6.45, 7) is 2.28. The van der Waals surface area contributed by atoms with Crippen LogP contribution < -0.4 is 10.3 Å². The van der Waals surface area contributed by atoms with Crippen LogP contribution in [-0.4, -0.2) is 41.0 Å². The van der Waals surface area contributed by atoms with Crippen molar-refractivity contribution in [3.05, 3.63) is 89.0 Å². The molecule has 6 rings (SSSR count). The number of fused-ring (bicyclic) bond motifs is 1. The third kappa shape index (κ3) is 4.74. The Hall–Kier alpha value is -4.48. The molecule has 0 aliphatic heterocycles. The van der Waals surface area contributed by atoms with Gasteiger partial charge in [-0.3, -0.25) is 19.0 Å². The van der Waals surface area contributed by atoms with Gasteiger partial charge >= 0.3 is 6.18 Å². The van der Waals surface area contributed by atoms with Gasteiger partial charge in [-0.05, 0) is 49.4 Å². The SMILES string of the molecule is CCn1cc(-c2cc(Cn3ccnc3)cc3c(=O)n([C@H](c4cc(OC)ccn4)C4CC4)cnc23)c(C(F)(F)F)n1. The molecule has 0 radical (unpaired) electrons. The van der Waals surface area contributed by atoms with Crippen molar-refractivity contribution < 1.29 is 17.9 Å². The predicted molar refractivity (Wildman–Crippen MR) is 141 cm³/mol. The highest BCUT2D eigenvalue weighted by Crippen LogP contribution is 2.43. The highest BCUT2D eigenvalue weighted by molar-refractivity contribution is 5.94. The molecule has 0 bridgehead atoms. The quantitative estimate of drug-likeness (QED) is 0.272. The van der Waals surface area contributed by atoms with Crippen molar-refractivity contribution in [2.45, 2.75) is 45.1 Å². The summed E-state index contributed by atoms with van der Waals surface area (Å²) in [5.74, 6) is 0.805. The molecule has 1 aromatic carbocycles. The van der Waals surface area contributed by atoms with Crippen molar-refractivity contribution in [2.75, 3.05) is 7.11 Å². The molecule has 1 aliphatic rings. The number of benzene rings is 1. The van der Waals surface area contributed by atoms with Gasteiger partial charge in [-0.2, -0.15) is 18.3 Å². The highest BCUT2D eigenvalue weighted by atomic mass is 19.4. The molecule has 12 heteroatoms. The average Bonchev–Trinajstić information content (AvgIpc) is 3.44. The van der Waals surface area contributed by atoms with Crippen LogP contribution in [0.1, 0.15) is 42.8 Å². The first kappa shape index (κ1) is 25.8. The number of rotatable bonds is 8. The average molecular weight is 550 g/mol. The second-order valence-corrected chi connectivity index (χ2v) is 9.88. The van der Waals surface area contributed by atoms with E-state index in [2.05, 4.69) is 20.1 Å². The summed E-state index contributed by atoms with van der Waals surface area (Å²) in [5, 5.41) is 4.01. The maximum atomic E-state index is 14.1. The molecule has 4 aromatic heterocycles. The fourth-order valence-corrected chi connectivity index (χ4v) is 5.12. The second-order valence-electron chi connectivity index (χ2n) is 9.88. The third-order valence-corrected chi connectivity index (χ3v) is 7.17. The Morgan fingerprint density at radius 3 is 2.60 bits per heavy atom. The monoisotopic (exact) mass is 549 g/mol. The molecule has 1 saturated carbocycles. The minimum atomic E-state index is -4.69. The molecule has 40 heavy (non-hydrogen) atoms. The standard InChI is InChI=1S/C28H26F3N7O2/c1-3-37-14-22(26(35-37)28(29,30)31)20-10-17(13-36-9-8-32-15-36)11-21-24(20)34-16-38(27(21)39)25(18-4-5-18)23-12-19(40-2)6-7-33-23/h6-12,14-16,18,25H,3-5,13H2,1-2H3/t25-/m0/s1. The molecule has 4 heterocycles. The first-order chi connectivity index (χ1) is 19.3. The molecule has 206 valence electrons. The molecule has 0 N–H and O–H groups in total. The zero-order chi connectivity index (χ0) is 28.0. The van der Waals surface area contributed by atoms with Crippen LogP contribution in [0.25, 0.3) is 22.0 Å². The summed E-state index contributed by atoms with van der Waals surface area (Å²) in [7, 11) is 1.56. The van der Waals surface area contributed by atoms with E-state index in [1.807, 2.05) is 0 Å². The summed E-state index contributed by atoms with van der Waals surface area (Å²) in [5.41, 5.74) is 0.205. The van der Waals surface area contributed by atoms with E-state index >= 15 is 0 Å². The molecule has 1 atom stereocenters. The predicted octanol–water partition coefficient (Wildman–Crippen LogP) is 4.95. The minimum absolute atomic E-state index is 0.121. The number of ether oxygens (including phenoxy) is 1. The lowest BCUT2D eigenvalue weighted by Gasteiger charge is -2.20. The van der Waals surface area contributed by atoms with Gasteiger partial charge < -0.3 is 9.30 Å². The van der Waals surface area contributed by atoms with E-state index in [1.54, 1.807) is 72.4 Å². The molecule has 9 nitrogen and oxygen atoms in total. The first-order valence-corrected chi connectivity index (χ1v) is 12.9. The summed E-state index contributed by atoms with van der Waals surface area (Å²) < 4.78 is 52.2. The van der Waals surface area contributed by atoms with E-state index in [9.17, 15) is 18.0 Å². The van der Waals surface area contributed by atoms with Crippen molar-refractivity contribution in [1.82, 2.24) is 33.9 Å². The number of halogens is 3. The lowest BCUT2D eigenvalue weighted by atomic mass is 9.99. The topological polar surface area (TPSA) is 92.7 Å². The highest BCUT2D eigenvalue weighted by Gasteiger charge is 2.39. The molecule has 5 aromatic rings. The molecular formula is C28H26F3N7O2. The number of imidazole rings is 1. The molecule has 0 amide bonds. The number of hydrogen-bond acceptors (Lipinski definition) is 6. The van der Waals surface area contributed by atoms with Gasteiger partial charge in [-0.25, -0.2) is 9.97 Å². The van der Waals surface area contributed by atoms with E-state index in [4.69, 9.17) is 4.74 Å². The van der Waals surface area contributed by atoms with Crippen LogP contribution in [0, 0.1) is 5.92 Å². The van der Waals surface area contributed by atoms with Crippen molar-refractivity contribution in [3.8, 4) is 16.9 Å². The number of nitrogens with zero attached hydrogens (tertiary/aromatic N) is 7. The Balaban J connectivity index is 1.58. The molecule has 0 unspecified atom stereocenters. The second kappa shape index (κ2) is 9.92. The molecule has 1 aliphatic carbocycles. The molecular weight excluding hydrogens is 523 g/mol. The minimum Gasteiger partial charge on any atom is -0.497 e. The van der Waals surface area contributed by atoms with Gasteiger partial charge in [0.25, 0.3) is 5.56 Å². The Kier molecular flexibility index (Phi) is 6.40. The summed E-state index contributed by atoms with van der Waals surface area (Å²) in [4.78, 5) is 27.3. The molecule has 1 fully saturated rings. The lowest BCUT2D eigenvalue weighted by molar-refractivity contribution is -0.141. The number of alkyl halides is 3. The van der Waals surface area contributed by atoms with Gasteiger partial charge in [-0.15, -0.1) is 0 Å². The van der Waals surface area contributed by atoms with Crippen LogP contribution in [0.15, 0.2) is 66.5 Å². The number of methoxy groups -OCH3 is 1. The van der Waals surface area contributed by atoms with Gasteiger partial charge in [0.2, 0.25) is 0 Å². The Morgan fingerprint density at radius 2 is 1.93 bits per heavy atom. The van der Waals surface area contributed by atoms with Crippen LogP contribution in [0.3, 0.4) is 0 Å². The number of hydrogen-bond donors (Lipinski definition) is 0. The summed E-state index contributed by atoms with van der Waals surface area (Å²) in [6, 6.07) is 6.50. The molecule has 0 spiro atoms. The van der Waals surface area contributed by atoms with Crippen LogP contribution >= 0.6 is 0 Å². The zero-order valence-electron chi connectivity index (χ0n) is 21.8. The first-order valence-electron chi connectivity index (χ1n) is 12.9. The maximum Gasteiger partial charge on any atom is 0.435 e.